The molecule has 4 aromatic rings. The second-order valence-corrected chi connectivity index (χ2v) is 7.91. The zero-order valence-electron chi connectivity index (χ0n) is 17.2. The lowest BCUT2D eigenvalue weighted by atomic mass is 9.92. The number of hydrogen-bond acceptors (Lipinski definition) is 5. The molecule has 162 valence electrons. The fourth-order valence-corrected chi connectivity index (χ4v) is 3.93. The summed E-state index contributed by atoms with van der Waals surface area (Å²) in [5.41, 5.74) is 3.35. The van der Waals surface area contributed by atoms with Gasteiger partial charge in [0.05, 0.1) is 11.9 Å². The van der Waals surface area contributed by atoms with Gasteiger partial charge in [0, 0.05) is 34.8 Å². The molecule has 8 heteroatoms. The number of ketones is 2. The third-order valence-electron chi connectivity index (χ3n) is 5.41. The lowest BCUT2D eigenvalue weighted by molar-refractivity contribution is 0.0974. The van der Waals surface area contributed by atoms with Crippen LogP contribution in [0.4, 0.5) is 5.69 Å². The Morgan fingerprint density at radius 3 is 2.45 bits per heavy atom. The Hall–Kier alpha value is -4.23. The minimum absolute atomic E-state index is 0.0786. The Morgan fingerprint density at radius 2 is 1.70 bits per heavy atom. The van der Waals surface area contributed by atoms with E-state index in [-0.39, 0.29) is 34.7 Å². The molecule has 7 nitrogen and oxygen atoms in total. The fraction of sp³-hybridized carbons (Fsp3) is 0.0400. The maximum Gasteiger partial charge on any atom is 0.255 e. The first-order chi connectivity index (χ1) is 16.0. The van der Waals surface area contributed by atoms with Gasteiger partial charge in [0.25, 0.3) is 5.91 Å². The number of nitrogens with one attached hydrogen (secondary N) is 3. The molecule has 0 radical (unpaired) electrons. The number of allylic oxidation sites excluding steroid dienone is 2. The molecule has 2 aromatic carbocycles. The van der Waals surface area contributed by atoms with E-state index < -0.39 is 0 Å². The first-order valence-electron chi connectivity index (χ1n) is 10.2. The predicted octanol–water partition coefficient (Wildman–Crippen LogP) is 4.43. The standard InChI is InChI=1S/C25H17ClN4O3/c26-20-21(23(32)19-4-2-1-3-18(19)22(20)31)28-12-14-5-7-15(8-6-14)25(33)30-17-11-16-9-10-27-24(16)29-13-17/h1-11,13,28H,12H2,(H,27,29)(H,30,33). The second-order valence-electron chi connectivity index (χ2n) is 7.54. The number of fused-ring (bicyclic) bond motifs is 2. The molecule has 33 heavy (non-hydrogen) atoms. The minimum atomic E-state index is -0.381. The average Bonchev–Trinajstić information content (AvgIpc) is 3.31. The Labute approximate surface area is 193 Å². The van der Waals surface area contributed by atoms with E-state index in [2.05, 4.69) is 20.6 Å². The number of H-pyrrole nitrogens is 1. The van der Waals surface area contributed by atoms with E-state index in [1.807, 2.05) is 12.1 Å². The van der Waals surface area contributed by atoms with Gasteiger partial charge in [-0.05, 0) is 29.8 Å². The van der Waals surface area contributed by atoms with Crippen LogP contribution < -0.4 is 10.6 Å². The lowest BCUT2D eigenvalue weighted by Crippen LogP contribution is -2.28. The fourth-order valence-electron chi connectivity index (χ4n) is 3.68. The van der Waals surface area contributed by atoms with Crippen molar-refractivity contribution in [2.45, 2.75) is 6.54 Å². The number of anilines is 1. The van der Waals surface area contributed by atoms with Crippen LogP contribution in [-0.4, -0.2) is 27.4 Å². The van der Waals surface area contributed by atoms with Crippen molar-refractivity contribution in [2.24, 2.45) is 0 Å². The Morgan fingerprint density at radius 1 is 0.970 bits per heavy atom. The summed E-state index contributed by atoms with van der Waals surface area (Å²) in [6.45, 7) is 0.267. The van der Waals surface area contributed by atoms with Crippen molar-refractivity contribution < 1.29 is 14.4 Å². The van der Waals surface area contributed by atoms with Crippen LogP contribution in [-0.2, 0) is 6.54 Å². The number of pyridine rings is 1. The van der Waals surface area contributed by atoms with E-state index in [1.165, 1.54) is 0 Å². The monoisotopic (exact) mass is 456 g/mol. The van der Waals surface area contributed by atoms with E-state index in [0.717, 1.165) is 16.6 Å². The Balaban J connectivity index is 1.26. The first kappa shape index (κ1) is 20.7. The van der Waals surface area contributed by atoms with Gasteiger partial charge in [-0.15, -0.1) is 0 Å². The highest BCUT2D eigenvalue weighted by Crippen LogP contribution is 2.27. The maximum atomic E-state index is 12.8. The number of amides is 1. The van der Waals surface area contributed by atoms with E-state index in [1.54, 1.807) is 60.9 Å². The summed E-state index contributed by atoms with van der Waals surface area (Å²) >= 11 is 6.18. The van der Waals surface area contributed by atoms with Crippen LogP contribution in [0.15, 0.2) is 83.8 Å². The SMILES string of the molecule is O=C(Nc1cnc2[nH]ccc2c1)c1ccc(CNC2=C(Cl)C(=O)c3ccccc3C2=O)cc1. The van der Waals surface area contributed by atoms with Gasteiger partial charge in [0.1, 0.15) is 16.4 Å². The molecule has 1 aliphatic carbocycles. The topological polar surface area (TPSA) is 104 Å². The molecule has 0 fully saturated rings. The summed E-state index contributed by atoms with van der Waals surface area (Å²) in [6.07, 6.45) is 3.38. The largest absolute Gasteiger partial charge is 0.376 e. The third-order valence-corrected chi connectivity index (χ3v) is 5.77. The van der Waals surface area contributed by atoms with Gasteiger partial charge in [0.2, 0.25) is 11.6 Å². The maximum absolute atomic E-state index is 12.8. The molecule has 0 unspecified atom stereocenters. The number of aromatic nitrogens is 2. The molecule has 0 saturated heterocycles. The molecule has 2 heterocycles. The molecular formula is C25H17ClN4O3. The highest BCUT2D eigenvalue weighted by molar-refractivity contribution is 6.49. The quantitative estimate of drug-likeness (QED) is 0.412. The Bertz CT molecular complexity index is 1450. The number of hydrogen-bond donors (Lipinski definition) is 3. The van der Waals surface area contributed by atoms with Gasteiger partial charge in [-0.3, -0.25) is 14.4 Å². The summed E-state index contributed by atoms with van der Waals surface area (Å²) < 4.78 is 0. The number of benzene rings is 2. The summed E-state index contributed by atoms with van der Waals surface area (Å²) in [6, 6.07) is 17.2. The highest BCUT2D eigenvalue weighted by atomic mass is 35.5. The molecule has 0 saturated carbocycles. The molecule has 0 spiro atoms. The van der Waals surface area contributed by atoms with Crippen LogP contribution in [0, 0.1) is 0 Å². The van der Waals surface area contributed by atoms with Gasteiger partial charge in [0.15, 0.2) is 0 Å². The van der Waals surface area contributed by atoms with Crippen molar-refractivity contribution in [3.05, 3.63) is 106 Å². The summed E-state index contributed by atoms with van der Waals surface area (Å²) in [5.74, 6) is -0.963. The van der Waals surface area contributed by atoms with Crippen molar-refractivity contribution in [3.8, 4) is 0 Å². The number of aromatic amines is 1. The van der Waals surface area contributed by atoms with Gasteiger partial charge in [-0.1, -0.05) is 48.0 Å². The molecular weight excluding hydrogens is 440 g/mol. The van der Waals surface area contributed by atoms with Crippen LogP contribution in [0.2, 0.25) is 0 Å². The van der Waals surface area contributed by atoms with Gasteiger partial charge >= 0.3 is 0 Å². The molecule has 3 N–H and O–H groups in total. The van der Waals surface area contributed by atoms with E-state index in [9.17, 15) is 14.4 Å². The first-order valence-corrected chi connectivity index (χ1v) is 10.5. The number of carbonyl (C=O) groups excluding carboxylic acids is 3. The number of nitrogens with zero attached hydrogens (tertiary/aromatic N) is 1. The number of rotatable bonds is 5. The lowest BCUT2D eigenvalue weighted by Gasteiger charge is -2.19. The van der Waals surface area contributed by atoms with Crippen LogP contribution in [0.3, 0.4) is 0 Å². The average molecular weight is 457 g/mol. The molecule has 0 aliphatic heterocycles. The van der Waals surface area contributed by atoms with E-state index in [0.29, 0.717) is 22.4 Å². The molecule has 0 atom stereocenters. The van der Waals surface area contributed by atoms with Gasteiger partial charge < -0.3 is 15.6 Å². The van der Waals surface area contributed by atoms with Crippen LogP contribution in [0.5, 0.6) is 0 Å². The predicted molar refractivity (Wildman–Crippen MR) is 125 cm³/mol. The van der Waals surface area contributed by atoms with Crippen LogP contribution in [0.1, 0.15) is 36.6 Å². The molecule has 5 rings (SSSR count). The zero-order valence-corrected chi connectivity index (χ0v) is 17.9. The number of halogens is 1. The van der Waals surface area contributed by atoms with Gasteiger partial charge in [-0.2, -0.15) is 0 Å². The molecule has 1 aliphatic rings. The van der Waals surface area contributed by atoms with Crippen molar-refractivity contribution in [2.75, 3.05) is 5.32 Å². The van der Waals surface area contributed by atoms with Gasteiger partial charge in [-0.25, -0.2) is 4.98 Å². The van der Waals surface area contributed by atoms with Crippen LogP contribution >= 0.6 is 11.6 Å². The second kappa shape index (κ2) is 8.37. The molecule has 0 bridgehead atoms. The summed E-state index contributed by atoms with van der Waals surface area (Å²) in [5, 5.41) is 6.59. The van der Waals surface area contributed by atoms with E-state index in [4.69, 9.17) is 11.6 Å². The van der Waals surface area contributed by atoms with E-state index >= 15 is 0 Å². The number of carbonyl (C=O) groups is 3. The third kappa shape index (κ3) is 3.90. The summed E-state index contributed by atoms with van der Waals surface area (Å²) in [4.78, 5) is 45.1. The van der Waals surface area contributed by atoms with Crippen LogP contribution in [0.25, 0.3) is 11.0 Å². The van der Waals surface area contributed by atoms with Crippen molar-refractivity contribution in [1.82, 2.24) is 15.3 Å². The molecule has 1 amide bonds. The highest BCUT2D eigenvalue weighted by Gasteiger charge is 2.30. The zero-order chi connectivity index (χ0) is 22.9. The number of Topliss-reactive ketones (excluding diaryl/α,β-unsaturated/α-hetero) is 2. The smallest absolute Gasteiger partial charge is 0.255 e. The van der Waals surface area contributed by atoms with Crippen molar-refractivity contribution in [1.29, 1.82) is 0 Å². The van der Waals surface area contributed by atoms with Crippen molar-refractivity contribution in [3.63, 3.8) is 0 Å². The summed E-state index contributed by atoms with van der Waals surface area (Å²) in [7, 11) is 0. The normalized spacial score (nSPS) is 13.2. The van der Waals surface area contributed by atoms with Crippen molar-refractivity contribution >= 4 is 45.8 Å². The molecule has 2 aromatic heterocycles. The minimum Gasteiger partial charge on any atom is -0.376 e. The Kier molecular flexibility index (Phi) is 5.24.